The zero-order valence-electron chi connectivity index (χ0n) is 16.7. The van der Waals surface area contributed by atoms with Crippen LogP contribution in [0.25, 0.3) is 0 Å². The van der Waals surface area contributed by atoms with E-state index in [1.54, 1.807) is 6.20 Å². The predicted octanol–water partition coefficient (Wildman–Crippen LogP) is 3.55. The Hall–Kier alpha value is -2.03. The Bertz CT molecular complexity index is 781. The molecule has 1 aromatic carbocycles. The van der Waals surface area contributed by atoms with Gasteiger partial charge in [-0.25, -0.2) is 4.99 Å². The van der Waals surface area contributed by atoms with Crippen LogP contribution in [0.2, 0.25) is 0 Å². The number of guanidine groups is 1. The second kappa shape index (κ2) is 10.5. The van der Waals surface area contributed by atoms with Crippen molar-refractivity contribution in [3.63, 3.8) is 0 Å². The molecule has 1 aliphatic rings. The molecule has 1 aromatic heterocycles. The van der Waals surface area contributed by atoms with Crippen molar-refractivity contribution >= 4 is 29.9 Å². The number of benzene rings is 1. The Labute approximate surface area is 184 Å². The molecule has 2 N–H and O–H groups in total. The number of hydrogen-bond donors (Lipinski definition) is 2. The average molecular weight is 496 g/mol. The van der Waals surface area contributed by atoms with Gasteiger partial charge in [0.1, 0.15) is 12.2 Å². The van der Waals surface area contributed by atoms with Crippen molar-refractivity contribution in [1.82, 2.24) is 15.6 Å². The smallest absolute Gasteiger partial charge is 0.191 e. The summed E-state index contributed by atoms with van der Waals surface area (Å²) in [6, 6.07) is 11.9. The third-order valence-corrected chi connectivity index (χ3v) is 4.18. The minimum Gasteiger partial charge on any atom is -0.488 e. The lowest BCUT2D eigenvalue weighted by molar-refractivity contribution is 0.132. The number of aliphatic imine (C=N–C) groups is 1. The molecule has 0 saturated heterocycles. The predicted molar refractivity (Wildman–Crippen MR) is 123 cm³/mol. The molecular weight excluding hydrogens is 467 g/mol. The summed E-state index contributed by atoms with van der Waals surface area (Å²) in [5.41, 5.74) is 1.97. The highest BCUT2D eigenvalue weighted by Crippen LogP contribution is 2.41. The zero-order chi connectivity index (χ0) is 19.1. The summed E-state index contributed by atoms with van der Waals surface area (Å²) in [7, 11) is 0. The van der Waals surface area contributed by atoms with E-state index in [1.807, 2.05) is 37.3 Å². The van der Waals surface area contributed by atoms with E-state index < -0.39 is 0 Å². The number of para-hydroxylation sites is 1. The topological polar surface area (TPSA) is 67.8 Å². The fraction of sp³-hybridized carbons (Fsp3) is 0.429. The molecule has 2 heterocycles. The maximum atomic E-state index is 6.04. The Morgan fingerprint density at radius 3 is 2.82 bits per heavy atom. The molecular formula is C21H29IN4O2. The molecule has 0 unspecified atom stereocenters. The number of fused-ring (bicyclic) bond motifs is 1. The van der Waals surface area contributed by atoms with Gasteiger partial charge in [-0.15, -0.1) is 24.0 Å². The van der Waals surface area contributed by atoms with Gasteiger partial charge >= 0.3 is 0 Å². The lowest BCUT2D eigenvalue weighted by Gasteiger charge is -2.18. The first-order chi connectivity index (χ1) is 13.1. The first-order valence-corrected chi connectivity index (χ1v) is 9.43. The van der Waals surface area contributed by atoms with Gasteiger partial charge in [0.05, 0.1) is 18.8 Å². The maximum absolute atomic E-state index is 6.04. The average Bonchev–Trinajstić information content (AvgIpc) is 2.98. The highest BCUT2D eigenvalue weighted by Gasteiger charge is 2.32. The summed E-state index contributed by atoms with van der Waals surface area (Å²) in [4.78, 5) is 8.85. The maximum Gasteiger partial charge on any atom is 0.191 e. The van der Waals surface area contributed by atoms with E-state index >= 15 is 0 Å². The lowest BCUT2D eigenvalue weighted by atomic mass is 10.0. The summed E-state index contributed by atoms with van der Waals surface area (Å²) in [6.07, 6.45) is 2.68. The third kappa shape index (κ3) is 6.25. The van der Waals surface area contributed by atoms with Crippen LogP contribution in [0.15, 0.2) is 47.6 Å². The second-order valence-electron chi connectivity index (χ2n) is 7.07. The van der Waals surface area contributed by atoms with Crippen LogP contribution in [0, 0.1) is 0 Å². The molecule has 2 aromatic rings. The largest absolute Gasteiger partial charge is 0.488 e. The number of ether oxygens (including phenoxy) is 2. The van der Waals surface area contributed by atoms with Crippen LogP contribution in [0.4, 0.5) is 0 Å². The Kier molecular flexibility index (Phi) is 8.35. The molecule has 0 radical (unpaired) electrons. The molecule has 0 spiro atoms. The van der Waals surface area contributed by atoms with Crippen molar-refractivity contribution in [3.05, 3.63) is 53.9 Å². The third-order valence-electron chi connectivity index (χ3n) is 4.18. The highest BCUT2D eigenvalue weighted by atomic mass is 127. The minimum atomic E-state index is -0.170. The van der Waals surface area contributed by atoms with Crippen molar-refractivity contribution in [2.75, 3.05) is 19.7 Å². The van der Waals surface area contributed by atoms with Crippen LogP contribution >= 0.6 is 24.0 Å². The molecule has 0 fully saturated rings. The lowest BCUT2D eigenvalue weighted by Crippen LogP contribution is -2.39. The van der Waals surface area contributed by atoms with Crippen LogP contribution in [-0.2, 0) is 13.0 Å². The molecule has 1 aliphatic heterocycles. The summed E-state index contributed by atoms with van der Waals surface area (Å²) < 4.78 is 12.0. The van der Waals surface area contributed by atoms with Crippen molar-refractivity contribution < 1.29 is 9.47 Å². The molecule has 3 rings (SSSR count). The van der Waals surface area contributed by atoms with E-state index in [2.05, 4.69) is 40.5 Å². The Balaban J connectivity index is 0.00000280. The van der Waals surface area contributed by atoms with E-state index in [0.29, 0.717) is 19.7 Å². The van der Waals surface area contributed by atoms with Gasteiger partial charge < -0.3 is 20.1 Å². The fourth-order valence-electron chi connectivity index (χ4n) is 3.02. The van der Waals surface area contributed by atoms with E-state index in [-0.39, 0.29) is 29.6 Å². The first kappa shape index (κ1) is 22.3. The summed E-state index contributed by atoms with van der Waals surface area (Å²) in [5.74, 6) is 2.43. The first-order valence-electron chi connectivity index (χ1n) is 9.43. The van der Waals surface area contributed by atoms with E-state index in [1.165, 1.54) is 5.56 Å². The minimum absolute atomic E-state index is 0. The fourth-order valence-corrected chi connectivity index (χ4v) is 3.02. The summed E-state index contributed by atoms with van der Waals surface area (Å²) in [5, 5.41) is 6.53. The second-order valence-corrected chi connectivity index (χ2v) is 7.07. The van der Waals surface area contributed by atoms with Crippen LogP contribution < -0.4 is 20.1 Å². The summed E-state index contributed by atoms with van der Waals surface area (Å²) in [6.45, 7) is 8.73. The molecule has 0 amide bonds. The van der Waals surface area contributed by atoms with E-state index in [4.69, 9.17) is 9.47 Å². The molecule has 0 saturated carbocycles. The van der Waals surface area contributed by atoms with Crippen molar-refractivity contribution in [2.45, 2.75) is 39.3 Å². The highest BCUT2D eigenvalue weighted by molar-refractivity contribution is 14.0. The normalized spacial score (nSPS) is 14.5. The van der Waals surface area contributed by atoms with E-state index in [9.17, 15) is 0 Å². The van der Waals surface area contributed by atoms with Gasteiger partial charge in [-0.3, -0.25) is 4.98 Å². The molecule has 0 bridgehead atoms. The molecule has 152 valence electrons. The molecule has 7 heteroatoms. The standard InChI is InChI=1S/C21H28N4O2.HI/c1-4-22-20(25-15-17-9-5-6-11-23-17)24-12-13-26-18-10-7-8-16-14-21(2,3)27-19(16)18;/h5-11H,4,12-15H2,1-3H3,(H2,22,24,25);1H. The summed E-state index contributed by atoms with van der Waals surface area (Å²) >= 11 is 0. The molecule has 28 heavy (non-hydrogen) atoms. The van der Waals surface area contributed by atoms with Crippen molar-refractivity contribution in [2.24, 2.45) is 4.99 Å². The van der Waals surface area contributed by atoms with Crippen LogP contribution in [0.5, 0.6) is 11.5 Å². The quantitative estimate of drug-likeness (QED) is 0.266. The van der Waals surface area contributed by atoms with Crippen molar-refractivity contribution in [3.8, 4) is 11.5 Å². The van der Waals surface area contributed by atoms with Gasteiger partial charge in [-0.2, -0.15) is 0 Å². The SMILES string of the molecule is CCNC(=NCc1ccccn1)NCCOc1cccc2c1OC(C)(C)C2.I. The van der Waals surface area contributed by atoms with Gasteiger partial charge in [-0.1, -0.05) is 18.2 Å². The Morgan fingerprint density at radius 1 is 1.21 bits per heavy atom. The van der Waals surface area contributed by atoms with Crippen LogP contribution in [-0.4, -0.2) is 36.2 Å². The molecule has 6 nitrogen and oxygen atoms in total. The molecule has 0 aliphatic carbocycles. The monoisotopic (exact) mass is 496 g/mol. The Morgan fingerprint density at radius 2 is 2.07 bits per heavy atom. The number of nitrogens with zero attached hydrogens (tertiary/aromatic N) is 2. The van der Waals surface area contributed by atoms with Crippen LogP contribution in [0.1, 0.15) is 32.0 Å². The van der Waals surface area contributed by atoms with Gasteiger partial charge in [-0.05, 0) is 39.0 Å². The molecule has 0 atom stereocenters. The van der Waals surface area contributed by atoms with Crippen LogP contribution in [0.3, 0.4) is 0 Å². The number of pyridine rings is 1. The number of halogens is 1. The van der Waals surface area contributed by atoms with Gasteiger partial charge in [0, 0.05) is 24.7 Å². The van der Waals surface area contributed by atoms with Crippen molar-refractivity contribution in [1.29, 1.82) is 0 Å². The number of aromatic nitrogens is 1. The number of rotatable bonds is 7. The van der Waals surface area contributed by atoms with Gasteiger partial charge in [0.15, 0.2) is 17.5 Å². The number of nitrogens with one attached hydrogen (secondary N) is 2. The van der Waals surface area contributed by atoms with Gasteiger partial charge in [0.2, 0.25) is 0 Å². The van der Waals surface area contributed by atoms with Gasteiger partial charge in [0.25, 0.3) is 0 Å². The zero-order valence-corrected chi connectivity index (χ0v) is 19.0. The number of hydrogen-bond acceptors (Lipinski definition) is 4. The van der Waals surface area contributed by atoms with E-state index in [0.717, 1.165) is 36.1 Å².